The lowest BCUT2D eigenvalue weighted by Gasteiger charge is -2.37. The molecule has 0 heterocycles. The first-order chi connectivity index (χ1) is 6.24. The number of halogens is 1. The predicted molar refractivity (Wildman–Crippen MR) is 54.5 cm³/mol. The van der Waals surface area contributed by atoms with Crippen LogP contribution in [0.1, 0.15) is 26.7 Å². The first-order valence-electron chi connectivity index (χ1n) is 5.31. The lowest BCUT2D eigenvalue weighted by Crippen LogP contribution is -3.00. The molecule has 88 valence electrons. The summed E-state index contributed by atoms with van der Waals surface area (Å²) in [6, 6.07) is 0. The summed E-state index contributed by atoms with van der Waals surface area (Å²) < 4.78 is 0.875. The van der Waals surface area contributed by atoms with Crippen molar-refractivity contribution in [2.75, 3.05) is 39.4 Å². The Hall–Kier alpha value is 0.170. The Morgan fingerprint density at radius 3 is 1.36 bits per heavy atom. The van der Waals surface area contributed by atoms with Gasteiger partial charge in [-0.2, -0.15) is 0 Å². The maximum atomic E-state index is 8.98. The van der Waals surface area contributed by atoms with Gasteiger partial charge < -0.3 is 27.1 Å². The van der Waals surface area contributed by atoms with Crippen molar-refractivity contribution in [2.45, 2.75) is 26.7 Å². The fraction of sp³-hybridized carbons (Fsp3) is 1.00. The Morgan fingerprint density at radius 2 is 1.14 bits per heavy atom. The number of quaternary nitrogens is 1. The van der Waals surface area contributed by atoms with E-state index in [9.17, 15) is 0 Å². The highest BCUT2D eigenvalue weighted by atomic mass is 35.5. The molecule has 0 aromatic heterocycles. The van der Waals surface area contributed by atoms with Crippen LogP contribution in [-0.4, -0.2) is 54.1 Å². The van der Waals surface area contributed by atoms with Crippen LogP contribution in [0.5, 0.6) is 0 Å². The number of aliphatic hydroxyl groups is 2. The molecule has 0 unspecified atom stereocenters. The molecule has 0 aliphatic heterocycles. The molecule has 0 bridgehead atoms. The molecule has 0 rings (SSSR count). The van der Waals surface area contributed by atoms with E-state index >= 15 is 0 Å². The van der Waals surface area contributed by atoms with Gasteiger partial charge in [0.05, 0.1) is 26.3 Å². The topological polar surface area (TPSA) is 40.5 Å². The lowest BCUT2D eigenvalue weighted by molar-refractivity contribution is -0.928. The minimum absolute atomic E-state index is 0. The first-order valence-corrected chi connectivity index (χ1v) is 5.31. The van der Waals surface area contributed by atoms with Crippen molar-refractivity contribution in [1.29, 1.82) is 0 Å². The molecule has 0 aromatic rings. The predicted octanol–water partition coefficient (Wildman–Crippen LogP) is -2.39. The second kappa shape index (κ2) is 9.71. The Balaban J connectivity index is 0. The highest BCUT2D eigenvalue weighted by Gasteiger charge is 2.23. The monoisotopic (exact) mass is 225 g/mol. The van der Waals surface area contributed by atoms with E-state index in [0.717, 1.165) is 43.5 Å². The molecular formula is C10H24ClNO2. The average molecular weight is 226 g/mol. The van der Waals surface area contributed by atoms with Gasteiger partial charge >= 0.3 is 0 Å². The fourth-order valence-electron chi connectivity index (χ4n) is 2.04. The number of nitrogens with zero attached hydrogens (tertiary/aromatic N) is 1. The quantitative estimate of drug-likeness (QED) is 0.453. The highest BCUT2D eigenvalue weighted by molar-refractivity contribution is 4.43. The summed E-state index contributed by atoms with van der Waals surface area (Å²) in [4.78, 5) is 0. The number of rotatable bonds is 8. The summed E-state index contributed by atoms with van der Waals surface area (Å²) in [5.41, 5.74) is 0. The second-order valence-electron chi connectivity index (χ2n) is 3.68. The van der Waals surface area contributed by atoms with Gasteiger partial charge in [-0.15, -0.1) is 0 Å². The highest BCUT2D eigenvalue weighted by Crippen LogP contribution is 2.08. The normalized spacial score (nSPS) is 11.1. The molecule has 0 spiro atoms. The van der Waals surface area contributed by atoms with Gasteiger partial charge in [0.1, 0.15) is 13.1 Å². The maximum absolute atomic E-state index is 8.98. The van der Waals surface area contributed by atoms with Gasteiger partial charge in [0.2, 0.25) is 0 Å². The third kappa shape index (κ3) is 5.81. The van der Waals surface area contributed by atoms with Crippen molar-refractivity contribution in [3.8, 4) is 0 Å². The molecule has 0 saturated carbocycles. The standard InChI is InChI=1S/C10H24NO2.ClH/c1-3-5-11(6-4-2,7-9-12)8-10-13;/h12-13H,3-10H2,1-2H3;1H/q+1;/p-1. The molecule has 0 radical (unpaired) electrons. The van der Waals surface area contributed by atoms with E-state index in [-0.39, 0.29) is 25.6 Å². The van der Waals surface area contributed by atoms with Crippen molar-refractivity contribution in [3.05, 3.63) is 0 Å². The van der Waals surface area contributed by atoms with E-state index in [1.807, 2.05) is 0 Å². The van der Waals surface area contributed by atoms with Crippen LogP contribution >= 0.6 is 0 Å². The molecule has 14 heavy (non-hydrogen) atoms. The summed E-state index contributed by atoms with van der Waals surface area (Å²) >= 11 is 0. The molecule has 0 atom stereocenters. The van der Waals surface area contributed by atoms with Gasteiger partial charge in [-0.25, -0.2) is 0 Å². The fourth-order valence-corrected chi connectivity index (χ4v) is 2.04. The zero-order valence-corrected chi connectivity index (χ0v) is 10.1. The molecule has 3 nitrogen and oxygen atoms in total. The summed E-state index contributed by atoms with van der Waals surface area (Å²) in [6.07, 6.45) is 2.22. The van der Waals surface area contributed by atoms with Crippen LogP contribution in [-0.2, 0) is 0 Å². The largest absolute Gasteiger partial charge is 1.00 e. The van der Waals surface area contributed by atoms with Gasteiger partial charge in [0.15, 0.2) is 0 Å². The Labute approximate surface area is 93.7 Å². The third-order valence-electron chi connectivity index (χ3n) is 2.54. The molecule has 0 aromatic carbocycles. The van der Waals surface area contributed by atoms with E-state index in [0.29, 0.717) is 0 Å². The Morgan fingerprint density at radius 1 is 0.786 bits per heavy atom. The maximum Gasteiger partial charge on any atom is 0.102 e. The van der Waals surface area contributed by atoms with Crippen LogP contribution in [0.15, 0.2) is 0 Å². The molecule has 0 amide bonds. The van der Waals surface area contributed by atoms with E-state index in [2.05, 4.69) is 13.8 Å². The second-order valence-corrected chi connectivity index (χ2v) is 3.68. The molecule has 0 aliphatic rings. The van der Waals surface area contributed by atoms with Crippen molar-refractivity contribution in [2.24, 2.45) is 0 Å². The van der Waals surface area contributed by atoms with Crippen molar-refractivity contribution >= 4 is 0 Å². The van der Waals surface area contributed by atoms with Crippen LogP contribution in [0.3, 0.4) is 0 Å². The van der Waals surface area contributed by atoms with Gasteiger partial charge in [0.25, 0.3) is 0 Å². The van der Waals surface area contributed by atoms with Gasteiger partial charge in [-0.1, -0.05) is 13.8 Å². The van der Waals surface area contributed by atoms with Crippen LogP contribution in [0.2, 0.25) is 0 Å². The first kappa shape index (κ1) is 16.6. The molecular weight excluding hydrogens is 202 g/mol. The minimum Gasteiger partial charge on any atom is -1.00 e. The SMILES string of the molecule is CCC[N+](CCC)(CCO)CCO.[Cl-]. The number of hydrogen-bond donors (Lipinski definition) is 2. The average Bonchev–Trinajstić information content (AvgIpc) is 2.06. The van der Waals surface area contributed by atoms with Crippen molar-refractivity contribution < 1.29 is 27.1 Å². The van der Waals surface area contributed by atoms with Crippen molar-refractivity contribution in [3.63, 3.8) is 0 Å². The zero-order valence-electron chi connectivity index (χ0n) is 9.38. The molecule has 0 fully saturated rings. The molecule has 2 N–H and O–H groups in total. The number of aliphatic hydroxyl groups excluding tert-OH is 2. The van der Waals surface area contributed by atoms with Crippen LogP contribution < -0.4 is 12.4 Å². The zero-order chi connectivity index (χ0) is 10.2. The molecule has 0 saturated heterocycles. The van der Waals surface area contributed by atoms with E-state index < -0.39 is 0 Å². The summed E-state index contributed by atoms with van der Waals surface area (Å²) in [5.74, 6) is 0. The summed E-state index contributed by atoms with van der Waals surface area (Å²) in [5, 5.41) is 18.0. The van der Waals surface area contributed by atoms with E-state index in [4.69, 9.17) is 10.2 Å². The van der Waals surface area contributed by atoms with E-state index in [1.54, 1.807) is 0 Å². The van der Waals surface area contributed by atoms with Crippen LogP contribution in [0, 0.1) is 0 Å². The molecule has 0 aliphatic carbocycles. The van der Waals surface area contributed by atoms with E-state index in [1.165, 1.54) is 0 Å². The van der Waals surface area contributed by atoms with Gasteiger partial charge in [-0.3, -0.25) is 0 Å². The summed E-state index contributed by atoms with van der Waals surface area (Å²) in [7, 11) is 0. The van der Waals surface area contributed by atoms with Crippen LogP contribution in [0.25, 0.3) is 0 Å². The minimum atomic E-state index is 0. The van der Waals surface area contributed by atoms with Gasteiger partial charge in [-0.05, 0) is 12.8 Å². The number of hydrogen-bond acceptors (Lipinski definition) is 2. The Kier molecular flexibility index (Phi) is 11.5. The third-order valence-corrected chi connectivity index (χ3v) is 2.54. The smallest absolute Gasteiger partial charge is 0.102 e. The molecule has 4 heteroatoms. The van der Waals surface area contributed by atoms with Crippen molar-refractivity contribution in [1.82, 2.24) is 0 Å². The van der Waals surface area contributed by atoms with Crippen LogP contribution in [0.4, 0.5) is 0 Å². The van der Waals surface area contributed by atoms with Gasteiger partial charge in [0, 0.05) is 0 Å². The summed E-state index contributed by atoms with van der Waals surface area (Å²) in [6.45, 7) is 8.43. The Bertz CT molecular complexity index is 93.2. The lowest BCUT2D eigenvalue weighted by atomic mass is 10.2.